The van der Waals surface area contributed by atoms with Gasteiger partial charge in [0.15, 0.2) is 0 Å². The standard InChI is InChI=1S/C23H48O3Si2/c1-7-9-11-13-14-15-16-17-19-21-23-25-28(5,6)26-27(3,4)24-22-20-18-12-10-8-2/h7-8,10,12-23H2,1-6H3. The van der Waals surface area contributed by atoms with Crippen molar-refractivity contribution in [2.24, 2.45) is 0 Å². The molecular weight excluding hydrogens is 380 g/mol. The van der Waals surface area contributed by atoms with E-state index >= 15 is 0 Å². The first-order chi connectivity index (χ1) is 13.3. The normalized spacial score (nSPS) is 12.1. The van der Waals surface area contributed by atoms with Gasteiger partial charge in [0, 0.05) is 26.1 Å². The first-order valence-electron chi connectivity index (χ1n) is 11.8. The minimum absolute atomic E-state index is 0.822. The molecule has 0 spiro atoms. The summed E-state index contributed by atoms with van der Waals surface area (Å²) in [6.07, 6.45) is 15.9. The van der Waals surface area contributed by atoms with Crippen molar-refractivity contribution in [2.45, 2.75) is 124 Å². The Morgan fingerprint density at radius 2 is 1.04 bits per heavy atom. The summed E-state index contributed by atoms with van der Waals surface area (Å²) in [7, 11) is -4.17. The minimum atomic E-state index is -2.09. The molecule has 0 aromatic rings. The van der Waals surface area contributed by atoms with Crippen LogP contribution in [0.2, 0.25) is 26.2 Å². The van der Waals surface area contributed by atoms with E-state index < -0.39 is 17.1 Å². The Bertz CT molecular complexity index is 414. The molecule has 0 atom stereocenters. The van der Waals surface area contributed by atoms with Gasteiger partial charge < -0.3 is 13.0 Å². The van der Waals surface area contributed by atoms with Crippen molar-refractivity contribution in [2.75, 3.05) is 13.2 Å². The van der Waals surface area contributed by atoms with E-state index in [-0.39, 0.29) is 0 Å². The van der Waals surface area contributed by atoms with Crippen molar-refractivity contribution in [3.8, 4) is 11.8 Å². The second-order valence-electron chi connectivity index (χ2n) is 8.59. The molecular formula is C23H48O3Si2. The van der Waals surface area contributed by atoms with Crippen LogP contribution in [0.25, 0.3) is 0 Å². The van der Waals surface area contributed by atoms with Crippen molar-refractivity contribution >= 4 is 17.1 Å². The topological polar surface area (TPSA) is 27.7 Å². The molecule has 0 radical (unpaired) electrons. The lowest BCUT2D eigenvalue weighted by Crippen LogP contribution is -2.48. The molecule has 0 rings (SSSR count). The summed E-state index contributed by atoms with van der Waals surface area (Å²) in [5.74, 6) is 6.36. The monoisotopic (exact) mass is 428 g/mol. The largest absolute Gasteiger partial charge is 0.415 e. The molecule has 0 aliphatic heterocycles. The second-order valence-corrected chi connectivity index (χ2v) is 15.6. The van der Waals surface area contributed by atoms with Crippen LogP contribution in [-0.4, -0.2) is 30.3 Å². The van der Waals surface area contributed by atoms with Crippen molar-refractivity contribution in [1.82, 2.24) is 0 Å². The van der Waals surface area contributed by atoms with Gasteiger partial charge in [0.05, 0.1) is 0 Å². The number of rotatable bonds is 18. The molecule has 0 amide bonds. The van der Waals surface area contributed by atoms with E-state index in [1.165, 1.54) is 57.8 Å². The highest BCUT2D eigenvalue weighted by atomic mass is 28.5. The molecule has 0 bridgehead atoms. The summed E-state index contributed by atoms with van der Waals surface area (Å²) in [5.41, 5.74) is 0. The van der Waals surface area contributed by atoms with Gasteiger partial charge in [0.2, 0.25) is 0 Å². The zero-order chi connectivity index (χ0) is 21.1. The maximum Gasteiger partial charge on any atom is 0.322 e. The highest BCUT2D eigenvalue weighted by molar-refractivity contribution is 6.78. The Labute approximate surface area is 178 Å². The minimum Gasteiger partial charge on any atom is -0.415 e. The lowest BCUT2D eigenvalue weighted by atomic mass is 10.1. The molecule has 5 heteroatoms. The maximum atomic E-state index is 6.37. The summed E-state index contributed by atoms with van der Waals surface area (Å²) in [5, 5.41) is 0. The zero-order valence-corrected chi connectivity index (χ0v) is 21.8. The van der Waals surface area contributed by atoms with E-state index in [0.717, 1.165) is 38.9 Å². The van der Waals surface area contributed by atoms with E-state index in [4.69, 9.17) is 13.0 Å². The summed E-state index contributed by atoms with van der Waals surface area (Å²) in [4.78, 5) is 0. The summed E-state index contributed by atoms with van der Waals surface area (Å²) in [6.45, 7) is 14.6. The molecule has 166 valence electrons. The first kappa shape index (κ1) is 27.9. The molecule has 0 unspecified atom stereocenters. The number of hydrogen-bond acceptors (Lipinski definition) is 3. The van der Waals surface area contributed by atoms with Crippen molar-refractivity contribution < 1.29 is 13.0 Å². The summed E-state index contributed by atoms with van der Waals surface area (Å²) < 4.78 is 18.6. The van der Waals surface area contributed by atoms with Gasteiger partial charge in [0.25, 0.3) is 0 Å². The average Bonchev–Trinajstić information content (AvgIpc) is 2.61. The third kappa shape index (κ3) is 19.2. The van der Waals surface area contributed by atoms with Gasteiger partial charge in [-0.1, -0.05) is 65.2 Å². The molecule has 0 fully saturated rings. The van der Waals surface area contributed by atoms with Crippen LogP contribution in [0.1, 0.15) is 97.3 Å². The summed E-state index contributed by atoms with van der Waals surface area (Å²) in [6, 6.07) is 0. The summed E-state index contributed by atoms with van der Waals surface area (Å²) >= 11 is 0. The quantitative estimate of drug-likeness (QED) is 0.128. The maximum absolute atomic E-state index is 6.37. The van der Waals surface area contributed by atoms with Crippen LogP contribution in [0.5, 0.6) is 0 Å². The highest BCUT2D eigenvalue weighted by Gasteiger charge is 2.36. The van der Waals surface area contributed by atoms with Gasteiger partial charge in [0.1, 0.15) is 0 Å². The van der Waals surface area contributed by atoms with E-state index in [0.29, 0.717) is 0 Å². The fourth-order valence-electron chi connectivity index (χ4n) is 3.23. The van der Waals surface area contributed by atoms with Gasteiger partial charge in [-0.15, -0.1) is 11.8 Å². The number of unbranched alkanes of at least 4 members (excludes halogenated alkanes) is 10. The highest BCUT2D eigenvalue weighted by Crippen LogP contribution is 2.18. The first-order valence-corrected chi connectivity index (χ1v) is 17.4. The van der Waals surface area contributed by atoms with Crippen LogP contribution >= 0.6 is 0 Å². The van der Waals surface area contributed by atoms with Crippen LogP contribution in [0, 0.1) is 11.8 Å². The lowest BCUT2D eigenvalue weighted by Gasteiger charge is -2.32. The van der Waals surface area contributed by atoms with Crippen LogP contribution < -0.4 is 0 Å². The molecule has 0 saturated heterocycles. The predicted octanol–water partition coefficient (Wildman–Crippen LogP) is 7.55. The van der Waals surface area contributed by atoms with Gasteiger partial charge in [-0.25, -0.2) is 0 Å². The number of hydrogen-bond donors (Lipinski definition) is 0. The van der Waals surface area contributed by atoms with Crippen molar-refractivity contribution in [3.63, 3.8) is 0 Å². The van der Waals surface area contributed by atoms with Gasteiger partial charge in [-0.3, -0.25) is 0 Å². The van der Waals surface area contributed by atoms with Crippen LogP contribution in [0.15, 0.2) is 0 Å². The molecule has 0 aliphatic carbocycles. The Morgan fingerprint density at radius 3 is 1.54 bits per heavy atom. The molecule has 0 heterocycles. The van der Waals surface area contributed by atoms with Gasteiger partial charge in [-0.05, 0) is 45.5 Å². The predicted molar refractivity (Wildman–Crippen MR) is 127 cm³/mol. The molecule has 0 aliphatic rings. The van der Waals surface area contributed by atoms with Crippen LogP contribution in [-0.2, 0) is 13.0 Å². The fraction of sp³-hybridized carbons (Fsp3) is 0.913. The Balaban J connectivity index is 3.71. The second kappa shape index (κ2) is 17.7. The average molecular weight is 429 g/mol. The van der Waals surface area contributed by atoms with E-state index in [1.807, 2.05) is 0 Å². The van der Waals surface area contributed by atoms with E-state index in [1.54, 1.807) is 0 Å². The SMILES string of the molecule is CCC#CCCCCCCCCO[Si](C)(C)O[Si](C)(C)OCCCCCCC. The lowest BCUT2D eigenvalue weighted by molar-refractivity contribution is 0.190. The van der Waals surface area contributed by atoms with Gasteiger partial charge >= 0.3 is 17.1 Å². The Kier molecular flexibility index (Phi) is 17.6. The molecule has 0 aromatic heterocycles. The molecule has 3 nitrogen and oxygen atoms in total. The Morgan fingerprint density at radius 1 is 0.571 bits per heavy atom. The zero-order valence-electron chi connectivity index (χ0n) is 19.8. The fourth-order valence-corrected chi connectivity index (χ4v) is 9.71. The molecule has 0 aromatic carbocycles. The van der Waals surface area contributed by atoms with Crippen LogP contribution in [0.4, 0.5) is 0 Å². The Hall–Kier alpha value is -0.126. The smallest absolute Gasteiger partial charge is 0.322 e. The molecule has 28 heavy (non-hydrogen) atoms. The van der Waals surface area contributed by atoms with E-state index in [2.05, 4.69) is 51.9 Å². The molecule has 0 N–H and O–H groups in total. The molecule has 0 saturated carbocycles. The third-order valence-corrected chi connectivity index (χ3v) is 10.4. The van der Waals surface area contributed by atoms with Crippen LogP contribution in [0.3, 0.4) is 0 Å². The van der Waals surface area contributed by atoms with E-state index in [9.17, 15) is 0 Å². The van der Waals surface area contributed by atoms with Crippen molar-refractivity contribution in [1.29, 1.82) is 0 Å². The third-order valence-electron chi connectivity index (χ3n) is 4.64. The van der Waals surface area contributed by atoms with Crippen molar-refractivity contribution in [3.05, 3.63) is 0 Å². The van der Waals surface area contributed by atoms with Gasteiger partial charge in [-0.2, -0.15) is 0 Å².